The van der Waals surface area contributed by atoms with Crippen molar-refractivity contribution in [3.8, 4) is 11.4 Å². The molecule has 2 atom stereocenters. The standard InChI is InChI=1S/C27H26F3N3O4/c1-36-20-11-17(2-3-18(20)28)33-19-10-16-13-31-32-24(16)23(29)22(19)21(25(33)14-5-8-37-9-6-14)15-4-7-27(30,12-15)26(34)35/h2-3,10-11,13-15H,4-9,12H2,1H3,(H,31,32)(H,34,35)/t15-,27+/m1/s1. The number of carboxylic acid groups (broad SMARTS) is 1. The van der Waals surface area contributed by atoms with Crippen LogP contribution in [0.15, 0.2) is 30.5 Å². The molecule has 2 fully saturated rings. The second-order valence-corrected chi connectivity index (χ2v) is 9.97. The van der Waals surface area contributed by atoms with Gasteiger partial charge in [0.05, 0.1) is 18.8 Å². The number of nitrogens with one attached hydrogen (secondary N) is 1. The maximum Gasteiger partial charge on any atom is 0.341 e. The van der Waals surface area contributed by atoms with Crippen LogP contribution in [-0.2, 0) is 9.53 Å². The number of nitrogens with zero attached hydrogens (tertiary/aromatic N) is 2. The fourth-order valence-electron chi connectivity index (χ4n) is 6.14. The predicted molar refractivity (Wildman–Crippen MR) is 130 cm³/mol. The number of carboxylic acids is 1. The van der Waals surface area contributed by atoms with Gasteiger partial charge in [-0.15, -0.1) is 0 Å². The number of aliphatic carboxylic acids is 1. The smallest absolute Gasteiger partial charge is 0.341 e. The van der Waals surface area contributed by atoms with Gasteiger partial charge in [-0.05, 0) is 61.8 Å². The van der Waals surface area contributed by atoms with Gasteiger partial charge in [0.2, 0.25) is 5.67 Å². The van der Waals surface area contributed by atoms with Crippen LogP contribution in [0.1, 0.15) is 55.2 Å². The van der Waals surface area contributed by atoms with Crippen molar-refractivity contribution in [3.63, 3.8) is 0 Å². The van der Waals surface area contributed by atoms with E-state index in [-0.39, 0.29) is 36.4 Å². The first-order valence-electron chi connectivity index (χ1n) is 12.4. The van der Waals surface area contributed by atoms with Gasteiger partial charge in [-0.1, -0.05) is 0 Å². The topological polar surface area (TPSA) is 89.4 Å². The molecule has 1 saturated heterocycles. The molecule has 7 nitrogen and oxygen atoms in total. The number of ether oxygens (including phenoxy) is 2. The van der Waals surface area contributed by atoms with Crippen molar-refractivity contribution in [1.82, 2.24) is 14.8 Å². The summed E-state index contributed by atoms with van der Waals surface area (Å²) in [5.41, 5.74) is 0.346. The normalized spacial score (nSPS) is 22.8. The molecule has 3 heterocycles. The molecule has 0 spiro atoms. The van der Waals surface area contributed by atoms with Crippen LogP contribution in [0.3, 0.4) is 0 Å². The number of alkyl halides is 1. The molecule has 37 heavy (non-hydrogen) atoms. The SMILES string of the molecule is COc1cc(-n2c(C3CCOCC3)c([C@@H]3CC[C@@](F)(C(=O)O)C3)c3c(F)c4[nH]ncc4cc32)ccc1F. The number of hydrogen-bond donors (Lipinski definition) is 2. The molecule has 1 aliphatic heterocycles. The van der Waals surface area contributed by atoms with Crippen molar-refractivity contribution in [3.05, 3.63) is 53.4 Å². The van der Waals surface area contributed by atoms with Gasteiger partial charge in [-0.25, -0.2) is 18.0 Å². The lowest BCUT2D eigenvalue weighted by molar-refractivity contribution is -0.150. The number of fused-ring (bicyclic) bond motifs is 2. The second-order valence-electron chi connectivity index (χ2n) is 9.97. The van der Waals surface area contributed by atoms with E-state index in [0.717, 1.165) is 5.69 Å². The number of hydrogen-bond acceptors (Lipinski definition) is 4. The fraction of sp³-hybridized carbons (Fsp3) is 0.407. The van der Waals surface area contributed by atoms with Crippen LogP contribution < -0.4 is 4.74 Å². The highest BCUT2D eigenvalue weighted by Crippen LogP contribution is 2.51. The average Bonchev–Trinajstić information content (AvgIpc) is 3.61. The molecule has 2 aromatic carbocycles. The summed E-state index contributed by atoms with van der Waals surface area (Å²) in [6.07, 6.45) is 2.73. The molecule has 0 bridgehead atoms. The minimum absolute atomic E-state index is 0.0400. The highest BCUT2D eigenvalue weighted by Gasteiger charge is 2.48. The van der Waals surface area contributed by atoms with Crippen molar-refractivity contribution in [2.45, 2.75) is 49.6 Å². The van der Waals surface area contributed by atoms with Gasteiger partial charge >= 0.3 is 5.97 Å². The molecule has 2 aliphatic rings. The maximum absolute atomic E-state index is 16.2. The lowest BCUT2D eigenvalue weighted by atomic mass is 9.85. The van der Waals surface area contributed by atoms with Crippen LogP contribution in [0.4, 0.5) is 13.2 Å². The monoisotopic (exact) mass is 513 g/mol. The van der Waals surface area contributed by atoms with Crippen LogP contribution in [0, 0.1) is 11.6 Å². The first-order valence-corrected chi connectivity index (χ1v) is 12.4. The van der Waals surface area contributed by atoms with Gasteiger partial charge in [-0.2, -0.15) is 5.10 Å². The molecule has 2 aromatic heterocycles. The summed E-state index contributed by atoms with van der Waals surface area (Å²) in [6, 6.07) is 6.28. The van der Waals surface area contributed by atoms with Crippen molar-refractivity contribution < 1.29 is 32.5 Å². The van der Waals surface area contributed by atoms with E-state index in [9.17, 15) is 14.3 Å². The third-order valence-electron chi connectivity index (χ3n) is 7.93. The Morgan fingerprint density at radius 3 is 2.70 bits per heavy atom. The van der Waals surface area contributed by atoms with Crippen molar-refractivity contribution in [2.24, 2.45) is 0 Å². The zero-order chi connectivity index (χ0) is 25.9. The highest BCUT2D eigenvalue weighted by molar-refractivity contribution is 6.00. The number of halogens is 3. The number of H-pyrrole nitrogens is 1. The zero-order valence-corrected chi connectivity index (χ0v) is 20.2. The number of rotatable bonds is 5. The minimum Gasteiger partial charge on any atom is -0.494 e. The first-order chi connectivity index (χ1) is 17.8. The largest absolute Gasteiger partial charge is 0.494 e. The Kier molecular flexibility index (Phi) is 5.67. The van der Waals surface area contributed by atoms with Crippen LogP contribution in [0.2, 0.25) is 0 Å². The van der Waals surface area contributed by atoms with E-state index in [4.69, 9.17) is 9.47 Å². The number of aromatic amines is 1. The van der Waals surface area contributed by atoms with Gasteiger partial charge in [-0.3, -0.25) is 5.10 Å². The lowest BCUT2D eigenvalue weighted by Crippen LogP contribution is -2.30. The molecule has 194 valence electrons. The summed E-state index contributed by atoms with van der Waals surface area (Å²) in [5, 5.41) is 17.1. The molecule has 10 heteroatoms. The molecule has 0 amide bonds. The second kappa shape index (κ2) is 8.79. The molecular formula is C27H26F3N3O4. The van der Waals surface area contributed by atoms with Gasteiger partial charge in [0, 0.05) is 47.4 Å². The van der Waals surface area contributed by atoms with E-state index in [2.05, 4.69) is 10.2 Å². The van der Waals surface area contributed by atoms with E-state index in [1.165, 1.54) is 19.4 Å². The van der Waals surface area contributed by atoms with Gasteiger partial charge < -0.3 is 19.1 Å². The number of aromatic nitrogens is 3. The third kappa shape index (κ3) is 3.68. The summed E-state index contributed by atoms with van der Waals surface area (Å²) < 4.78 is 58.7. The van der Waals surface area contributed by atoms with E-state index in [1.54, 1.807) is 12.1 Å². The Morgan fingerprint density at radius 1 is 1.22 bits per heavy atom. The van der Waals surface area contributed by atoms with Crippen LogP contribution in [0.5, 0.6) is 5.75 Å². The Hall–Kier alpha value is -3.53. The quantitative estimate of drug-likeness (QED) is 0.355. The summed E-state index contributed by atoms with van der Waals surface area (Å²) in [4.78, 5) is 11.8. The lowest BCUT2D eigenvalue weighted by Gasteiger charge is -2.27. The number of benzene rings is 2. The fourth-order valence-corrected chi connectivity index (χ4v) is 6.14. The highest BCUT2D eigenvalue weighted by atomic mass is 19.1. The molecule has 6 rings (SSSR count). The van der Waals surface area contributed by atoms with E-state index < -0.39 is 29.2 Å². The summed E-state index contributed by atoms with van der Waals surface area (Å²) in [5.74, 6) is -3.07. The van der Waals surface area contributed by atoms with Crippen LogP contribution in [0.25, 0.3) is 27.5 Å². The molecule has 2 N–H and O–H groups in total. The van der Waals surface area contributed by atoms with Crippen molar-refractivity contribution in [2.75, 3.05) is 20.3 Å². The van der Waals surface area contributed by atoms with Gasteiger partial charge in [0.25, 0.3) is 0 Å². The molecular weight excluding hydrogens is 487 g/mol. The number of carbonyl (C=O) groups is 1. The molecule has 0 unspecified atom stereocenters. The molecule has 1 saturated carbocycles. The zero-order valence-electron chi connectivity index (χ0n) is 20.2. The van der Waals surface area contributed by atoms with Crippen LogP contribution in [-0.4, -0.2) is 51.8 Å². The molecule has 4 aromatic rings. The van der Waals surface area contributed by atoms with E-state index >= 15 is 8.78 Å². The predicted octanol–water partition coefficient (Wildman–Crippen LogP) is 5.75. The summed E-state index contributed by atoms with van der Waals surface area (Å²) in [6.45, 7) is 1.02. The van der Waals surface area contributed by atoms with Crippen molar-refractivity contribution in [1.29, 1.82) is 0 Å². The first kappa shape index (κ1) is 23.8. The van der Waals surface area contributed by atoms with E-state index in [0.29, 0.717) is 53.6 Å². The van der Waals surface area contributed by atoms with E-state index in [1.807, 2.05) is 10.6 Å². The Bertz CT molecular complexity index is 1520. The van der Waals surface area contributed by atoms with Gasteiger partial charge in [0.15, 0.2) is 17.4 Å². The Labute approximate surface area is 210 Å². The Balaban J connectivity index is 1.70. The van der Waals surface area contributed by atoms with Gasteiger partial charge in [0.1, 0.15) is 5.52 Å². The van der Waals surface area contributed by atoms with Crippen LogP contribution >= 0.6 is 0 Å². The summed E-state index contributed by atoms with van der Waals surface area (Å²) >= 11 is 0. The Morgan fingerprint density at radius 2 is 2.00 bits per heavy atom. The summed E-state index contributed by atoms with van der Waals surface area (Å²) in [7, 11) is 1.38. The molecule has 0 radical (unpaired) electrons. The number of methoxy groups -OCH3 is 1. The third-order valence-corrected chi connectivity index (χ3v) is 7.93. The average molecular weight is 514 g/mol. The maximum atomic E-state index is 16.2. The van der Waals surface area contributed by atoms with Crippen molar-refractivity contribution >= 4 is 27.8 Å². The molecule has 1 aliphatic carbocycles. The minimum atomic E-state index is -2.38.